The van der Waals surface area contributed by atoms with Crippen LogP contribution in [0.1, 0.15) is 80.8 Å². The summed E-state index contributed by atoms with van der Waals surface area (Å²) >= 11 is 0. The van der Waals surface area contributed by atoms with E-state index in [-0.39, 0.29) is 5.92 Å². The fraction of sp³-hybridized carbons (Fsp3) is 0.457. The van der Waals surface area contributed by atoms with Gasteiger partial charge in [0.05, 0.1) is 0 Å². The van der Waals surface area contributed by atoms with Crippen LogP contribution in [-0.2, 0) is 0 Å². The van der Waals surface area contributed by atoms with Crippen LogP contribution in [0.5, 0.6) is 0 Å². The van der Waals surface area contributed by atoms with Gasteiger partial charge in [-0.05, 0) is 132 Å². The molecule has 4 aromatic rings. The molecule has 0 N–H and O–H groups in total. The van der Waals surface area contributed by atoms with E-state index in [1.807, 2.05) is 0 Å². The van der Waals surface area contributed by atoms with Gasteiger partial charge in [0.2, 0.25) is 0 Å². The summed E-state index contributed by atoms with van der Waals surface area (Å²) in [6.45, 7) is 25.6. The molecule has 0 bridgehead atoms. The number of aromatic nitrogens is 1. The fourth-order valence-electron chi connectivity index (χ4n) is 5.97. The highest BCUT2D eigenvalue weighted by molar-refractivity contribution is 5.78. The number of nitrogens with zero attached hydrogens (tertiary/aromatic N) is 4. The first-order valence-corrected chi connectivity index (χ1v) is 15.2. The van der Waals surface area contributed by atoms with Gasteiger partial charge in [-0.15, -0.1) is 0 Å². The lowest BCUT2D eigenvalue weighted by atomic mass is 9.79. The second kappa shape index (κ2) is 12.8. The van der Waals surface area contributed by atoms with Crippen LogP contribution in [0.4, 0.5) is 17.4 Å². The third-order valence-electron chi connectivity index (χ3n) is 8.51. The molecule has 5 nitrogen and oxygen atoms in total. The molecule has 0 radical (unpaired) electrons. The average Bonchev–Trinajstić information content (AvgIpc) is 3.36. The first-order chi connectivity index (χ1) is 19.3. The molecular formula is C35H48N4O. The standard InChI is InChI=1S/C35H48N4O/c1-10-37(11-2)27-18-16-24(7)29(21-27)34(30-22-28(19-17-25(30)8)38(12-3)13-4)31-23-33-32(20-26(31)9)36-35(40-33)39(14-5)15-6/h16-23,34H,10-15H2,1-9H3. The first-order valence-electron chi connectivity index (χ1n) is 15.2. The van der Waals surface area contributed by atoms with Crippen LogP contribution in [0.2, 0.25) is 0 Å². The Morgan fingerprint density at radius 2 is 1.02 bits per heavy atom. The second-order valence-electron chi connectivity index (χ2n) is 10.7. The predicted octanol–water partition coefficient (Wildman–Crippen LogP) is 8.47. The molecule has 3 aromatic carbocycles. The number of aryl methyl sites for hydroxylation is 3. The number of hydrogen-bond acceptors (Lipinski definition) is 5. The van der Waals surface area contributed by atoms with E-state index < -0.39 is 0 Å². The van der Waals surface area contributed by atoms with Crippen LogP contribution >= 0.6 is 0 Å². The molecule has 214 valence electrons. The van der Waals surface area contributed by atoms with Gasteiger partial charge in [-0.1, -0.05) is 12.1 Å². The molecule has 0 saturated heterocycles. The zero-order valence-corrected chi connectivity index (χ0v) is 26.1. The average molecular weight is 541 g/mol. The van der Waals surface area contributed by atoms with Gasteiger partial charge in [0.15, 0.2) is 5.58 Å². The third kappa shape index (κ3) is 5.70. The summed E-state index contributed by atoms with van der Waals surface area (Å²) in [5.41, 5.74) is 12.1. The van der Waals surface area contributed by atoms with E-state index in [1.54, 1.807) is 0 Å². The van der Waals surface area contributed by atoms with Crippen molar-refractivity contribution in [3.63, 3.8) is 0 Å². The van der Waals surface area contributed by atoms with Crippen LogP contribution in [0, 0.1) is 20.8 Å². The van der Waals surface area contributed by atoms with Crippen LogP contribution in [0.3, 0.4) is 0 Å². The Balaban J connectivity index is 2.00. The quantitative estimate of drug-likeness (QED) is 0.168. The summed E-state index contributed by atoms with van der Waals surface area (Å²) in [4.78, 5) is 11.9. The maximum Gasteiger partial charge on any atom is 0.298 e. The minimum atomic E-state index is 0.0671. The van der Waals surface area contributed by atoms with Crippen molar-refractivity contribution in [1.29, 1.82) is 0 Å². The molecule has 0 aliphatic rings. The molecule has 4 rings (SSSR count). The maximum atomic E-state index is 6.38. The van der Waals surface area contributed by atoms with Gasteiger partial charge in [0.25, 0.3) is 6.01 Å². The fourth-order valence-corrected chi connectivity index (χ4v) is 5.97. The summed E-state index contributed by atoms with van der Waals surface area (Å²) in [6, 6.07) is 19.1. The van der Waals surface area contributed by atoms with E-state index in [4.69, 9.17) is 9.40 Å². The van der Waals surface area contributed by atoms with Crippen molar-refractivity contribution in [3.05, 3.63) is 81.9 Å². The summed E-state index contributed by atoms with van der Waals surface area (Å²) in [6.07, 6.45) is 0. The van der Waals surface area contributed by atoms with Gasteiger partial charge in [-0.25, -0.2) is 0 Å². The molecule has 1 heterocycles. The summed E-state index contributed by atoms with van der Waals surface area (Å²) in [7, 11) is 0. The van der Waals surface area contributed by atoms with Crippen molar-refractivity contribution in [2.75, 3.05) is 54.0 Å². The van der Waals surface area contributed by atoms with Gasteiger partial charge in [0, 0.05) is 56.6 Å². The Labute approximate surface area is 241 Å². The Hall–Kier alpha value is -3.47. The monoisotopic (exact) mass is 540 g/mol. The lowest BCUT2D eigenvalue weighted by Gasteiger charge is -2.29. The minimum Gasteiger partial charge on any atom is -0.423 e. The predicted molar refractivity (Wildman–Crippen MR) is 173 cm³/mol. The molecule has 0 spiro atoms. The van der Waals surface area contributed by atoms with Crippen LogP contribution in [0.15, 0.2) is 52.9 Å². The molecule has 0 unspecified atom stereocenters. The highest BCUT2D eigenvalue weighted by Crippen LogP contribution is 2.41. The van der Waals surface area contributed by atoms with Crippen molar-refractivity contribution >= 4 is 28.5 Å². The SMILES string of the molecule is CCN(CC)c1ccc(C)c(C(c2cc(N(CC)CC)ccc2C)c2cc3oc(N(CC)CC)nc3cc2C)c1. The number of oxazole rings is 1. The lowest BCUT2D eigenvalue weighted by Crippen LogP contribution is -2.23. The van der Waals surface area contributed by atoms with E-state index in [2.05, 4.69) is 126 Å². The molecule has 0 atom stereocenters. The number of fused-ring (bicyclic) bond motifs is 1. The van der Waals surface area contributed by atoms with E-state index in [9.17, 15) is 0 Å². The van der Waals surface area contributed by atoms with Gasteiger partial charge in [0.1, 0.15) is 5.52 Å². The van der Waals surface area contributed by atoms with E-state index in [1.165, 1.54) is 44.8 Å². The van der Waals surface area contributed by atoms with Gasteiger partial charge >= 0.3 is 0 Å². The van der Waals surface area contributed by atoms with Crippen molar-refractivity contribution < 1.29 is 4.42 Å². The Morgan fingerprint density at radius 3 is 1.48 bits per heavy atom. The largest absolute Gasteiger partial charge is 0.423 e. The van der Waals surface area contributed by atoms with Crippen molar-refractivity contribution in [3.8, 4) is 0 Å². The van der Waals surface area contributed by atoms with Crippen molar-refractivity contribution in [1.82, 2.24) is 4.98 Å². The molecule has 40 heavy (non-hydrogen) atoms. The molecular weight excluding hydrogens is 492 g/mol. The number of anilines is 3. The Morgan fingerprint density at radius 1 is 0.575 bits per heavy atom. The molecule has 0 amide bonds. The van der Waals surface area contributed by atoms with Gasteiger partial charge in [-0.2, -0.15) is 4.98 Å². The van der Waals surface area contributed by atoms with Gasteiger partial charge < -0.3 is 19.1 Å². The Bertz CT molecular complexity index is 1370. The van der Waals surface area contributed by atoms with Gasteiger partial charge in [-0.3, -0.25) is 0 Å². The van der Waals surface area contributed by atoms with Crippen LogP contribution in [0.25, 0.3) is 11.1 Å². The highest BCUT2D eigenvalue weighted by Gasteiger charge is 2.26. The van der Waals surface area contributed by atoms with E-state index >= 15 is 0 Å². The molecule has 5 heteroatoms. The van der Waals surface area contributed by atoms with Crippen molar-refractivity contribution in [2.45, 2.75) is 68.2 Å². The topological polar surface area (TPSA) is 35.8 Å². The van der Waals surface area contributed by atoms with E-state index in [0.717, 1.165) is 50.4 Å². The van der Waals surface area contributed by atoms with Crippen LogP contribution in [-0.4, -0.2) is 44.3 Å². The first kappa shape index (κ1) is 29.5. The third-order valence-corrected chi connectivity index (χ3v) is 8.51. The van der Waals surface area contributed by atoms with Crippen LogP contribution < -0.4 is 14.7 Å². The summed E-state index contributed by atoms with van der Waals surface area (Å²) in [5.74, 6) is 0.0671. The Kier molecular flexibility index (Phi) is 9.44. The molecule has 0 fully saturated rings. The smallest absolute Gasteiger partial charge is 0.298 e. The minimum absolute atomic E-state index is 0.0671. The summed E-state index contributed by atoms with van der Waals surface area (Å²) < 4.78 is 6.38. The maximum absolute atomic E-state index is 6.38. The molecule has 0 aliphatic carbocycles. The normalized spacial score (nSPS) is 11.4. The zero-order valence-electron chi connectivity index (χ0n) is 26.1. The summed E-state index contributed by atoms with van der Waals surface area (Å²) in [5, 5.41) is 0. The molecule has 1 aromatic heterocycles. The highest BCUT2D eigenvalue weighted by atomic mass is 16.4. The molecule has 0 aliphatic heterocycles. The number of benzene rings is 3. The van der Waals surface area contributed by atoms with Crippen molar-refractivity contribution in [2.24, 2.45) is 0 Å². The number of rotatable bonds is 12. The lowest BCUT2D eigenvalue weighted by molar-refractivity contribution is 0.575. The second-order valence-corrected chi connectivity index (χ2v) is 10.7. The van der Waals surface area contributed by atoms with E-state index in [0.29, 0.717) is 6.01 Å². The number of hydrogen-bond donors (Lipinski definition) is 0. The molecule has 0 saturated carbocycles. The zero-order chi connectivity index (χ0) is 29.0.